The van der Waals surface area contributed by atoms with Gasteiger partial charge in [-0.3, -0.25) is 0 Å². The second-order valence-corrected chi connectivity index (χ2v) is 7.58. The van der Waals surface area contributed by atoms with Crippen LogP contribution in [0.3, 0.4) is 0 Å². The van der Waals surface area contributed by atoms with Crippen molar-refractivity contribution in [1.82, 2.24) is 5.32 Å². The molecule has 34 heavy (non-hydrogen) atoms. The van der Waals surface area contributed by atoms with Gasteiger partial charge >= 0.3 is 11.9 Å². The lowest BCUT2D eigenvalue weighted by molar-refractivity contribution is -0.134. The quantitative estimate of drug-likeness (QED) is 0.264. The normalized spacial score (nSPS) is 10.6. The SMILES string of the molecule is Clc1ccccc1CCNCCOC(c1ccccc1)c1ccccc1.O=C(O)/C=C\C(=O)O. The van der Waals surface area contributed by atoms with Crippen molar-refractivity contribution < 1.29 is 24.5 Å². The molecule has 6 nitrogen and oxygen atoms in total. The van der Waals surface area contributed by atoms with Crippen LogP contribution >= 0.6 is 11.6 Å². The van der Waals surface area contributed by atoms with Gasteiger partial charge in [-0.25, -0.2) is 9.59 Å². The first-order valence-corrected chi connectivity index (χ1v) is 11.1. The lowest BCUT2D eigenvalue weighted by Crippen LogP contribution is -2.23. The van der Waals surface area contributed by atoms with Crippen LogP contribution in [0.1, 0.15) is 22.8 Å². The van der Waals surface area contributed by atoms with Gasteiger partial charge in [-0.2, -0.15) is 0 Å². The molecule has 0 bridgehead atoms. The average molecular weight is 482 g/mol. The van der Waals surface area contributed by atoms with Crippen LogP contribution in [0.15, 0.2) is 97.1 Å². The highest BCUT2D eigenvalue weighted by atomic mass is 35.5. The number of ether oxygens (including phenoxy) is 1. The average Bonchev–Trinajstić information content (AvgIpc) is 2.85. The Hall–Kier alpha value is -3.45. The van der Waals surface area contributed by atoms with Crippen molar-refractivity contribution in [3.8, 4) is 0 Å². The van der Waals surface area contributed by atoms with Crippen LogP contribution in [0, 0.1) is 0 Å². The molecule has 178 valence electrons. The van der Waals surface area contributed by atoms with E-state index >= 15 is 0 Å². The molecule has 7 heteroatoms. The molecule has 3 N–H and O–H groups in total. The van der Waals surface area contributed by atoms with E-state index in [0.29, 0.717) is 18.8 Å². The molecule has 0 heterocycles. The summed E-state index contributed by atoms with van der Waals surface area (Å²) in [7, 11) is 0. The molecule has 3 aromatic rings. The monoisotopic (exact) mass is 481 g/mol. The highest BCUT2D eigenvalue weighted by Gasteiger charge is 2.13. The smallest absolute Gasteiger partial charge is 0.328 e. The number of halogens is 1. The molecule has 0 unspecified atom stereocenters. The molecule has 0 aliphatic carbocycles. The molecule has 0 radical (unpaired) electrons. The Morgan fingerprint density at radius 2 is 1.29 bits per heavy atom. The number of nitrogens with one attached hydrogen (secondary N) is 1. The predicted molar refractivity (Wildman–Crippen MR) is 133 cm³/mol. The highest BCUT2D eigenvalue weighted by molar-refractivity contribution is 6.31. The van der Waals surface area contributed by atoms with Gasteiger partial charge in [-0.15, -0.1) is 0 Å². The summed E-state index contributed by atoms with van der Waals surface area (Å²) in [5.74, 6) is -2.51. The summed E-state index contributed by atoms with van der Waals surface area (Å²) in [5, 5.41) is 19.9. The highest BCUT2D eigenvalue weighted by Crippen LogP contribution is 2.25. The summed E-state index contributed by atoms with van der Waals surface area (Å²) in [5.41, 5.74) is 3.53. The molecular weight excluding hydrogens is 454 g/mol. The second-order valence-electron chi connectivity index (χ2n) is 7.17. The molecule has 3 aromatic carbocycles. The van der Waals surface area contributed by atoms with Gasteiger partial charge in [-0.05, 0) is 35.7 Å². The number of rotatable bonds is 11. The van der Waals surface area contributed by atoms with Crippen molar-refractivity contribution in [1.29, 1.82) is 0 Å². The molecule has 3 rings (SSSR count). The van der Waals surface area contributed by atoms with Crippen LogP contribution in [0.25, 0.3) is 0 Å². The van der Waals surface area contributed by atoms with Crippen molar-refractivity contribution >= 4 is 23.5 Å². The topological polar surface area (TPSA) is 95.9 Å². The molecular formula is C27H28ClNO5. The fraction of sp³-hybridized carbons (Fsp3) is 0.185. The van der Waals surface area contributed by atoms with Crippen molar-refractivity contribution in [2.24, 2.45) is 0 Å². The lowest BCUT2D eigenvalue weighted by atomic mass is 10.0. The van der Waals surface area contributed by atoms with Crippen molar-refractivity contribution in [2.45, 2.75) is 12.5 Å². The van der Waals surface area contributed by atoms with Gasteiger partial charge < -0.3 is 20.3 Å². The Morgan fingerprint density at radius 1 is 0.794 bits per heavy atom. The van der Waals surface area contributed by atoms with Crippen molar-refractivity contribution in [3.05, 3.63) is 119 Å². The Labute approximate surface area is 204 Å². The molecule has 0 fully saturated rings. The fourth-order valence-electron chi connectivity index (χ4n) is 3.08. The van der Waals surface area contributed by atoms with Gasteiger partial charge in [0.1, 0.15) is 6.10 Å². The summed E-state index contributed by atoms with van der Waals surface area (Å²) in [6.07, 6.45) is 1.99. The lowest BCUT2D eigenvalue weighted by Gasteiger charge is -2.19. The van der Waals surface area contributed by atoms with Gasteiger partial charge in [0.25, 0.3) is 0 Å². The molecule has 0 atom stereocenters. The zero-order valence-corrected chi connectivity index (χ0v) is 19.4. The van der Waals surface area contributed by atoms with E-state index in [9.17, 15) is 9.59 Å². The van der Waals surface area contributed by atoms with E-state index in [0.717, 1.165) is 24.5 Å². The third-order valence-electron chi connectivity index (χ3n) is 4.67. The minimum Gasteiger partial charge on any atom is -0.478 e. The van der Waals surface area contributed by atoms with Gasteiger partial charge in [-0.1, -0.05) is 90.5 Å². The van der Waals surface area contributed by atoms with Crippen LogP contribution < -0.4 is 5.32 Å². The van der Waals surface area contributed by atoms with Crippen molar-refractivity contribution in [3.63, 3.8) is 0 Å². The summed E-state index contributed by atoms with van der Waals surface area (Å²) in [6, 6.07) is 28.7. The Kier molecular flexibility index (Phi) is 12.1. The summed E-state index contributed by atoms with van der Waals surface area (Å²) in [6.45, 7) is 2.34. The number of benzene rings is 3. The number of carboxylic acid groups (broad SMARTS) is 2. The van der Waals surface area contributed by atoms with E-state index in [2.05, 4.69) is 59.9 Å². The molecule has 0 aromatic heterocycles. The summed E-state index contributed by atoms with van der Waals surface area (Å²) in [4.78, 5) is 19.1. The number of aliphatic carboxylic acids is 2. The first-order valence-electron chi connectivity index (χ1n) is 10.8. The molecule has 0 aliphatic rings. The maximum Gasteiger partial charge on any atom is 0.328 e. The van der Waals surface area contributed by atoms with Gasteiger partial charge in [0.2, 0.25) is 0 Å². The minimum atomic E-state index is -1.26. The largest absolute Gasteiger partial charge is 0.478 e. The first-order chi connectivity index (χ1) is 16.5. The predicted octanol–water partition coefficient (Wildman–Crippen LogP) is 4.99. The van der Waals surface area contributed by atoms with E-state index in [4.69, 9.17) is 26.6 Å². The first kappa shape index (κ1) is 26.8. The van der Waals surface area contributed by atoms with Crippen LogP contribution in [0.5, 0.6) is 0 Å². The summed E-state index contributed by atoms with van der Waals surface area (Å²) < 4.78 is 6.20. The third kappa shape index (κ3) is 10.4. The molecule has 0 amide bonds. The van der Waals surface area contributed by atoms with E-state index in [-0.39, 0.29) is 6.10 Å². The Balaban J connectivity index is 0.000000440. The Morgan fingerprint density at radius 3 is 1.79 bits per heavy atom. The van der Waals surface area contributed by atoms with Gasteiger partial charge in [0, 0.05) is 23.7 Å². The number of carboxylic acids is 2. The fourth-order valence-corrected chi connectivity index (χ4v) is 3.31. The van der Waals surface area contributed by atoms with E-state index < -0.39 is 11.9 Å². The van der Waals surface area contributed by atoms with Crippen LogP contribution in [0.2, 0.25) is 5.02 Å². The summed E-state index contributed by atoms with van der Waals surface area (Å²) >= 11 is 6.19. The molecule has 0 aliphatic heterocycles. The van der Waals surface area contributed by atoms with Crippen molar-refractivity contribution in [2.75, 3.05) is 19.7 Å². The second kappa shape index (κ2) is 15.4. The van der Waals surface area contributed by atoms with Crippen LogP contribution in [-0.2, 0) is 20.7 Å². The van der Waals surface area contributed by atoms with Gasteiger partial charge in [0.05, 0.1) is 6.61 Å². The zero-order valence-electron chi connectivity index (χ0n) is 18.6. The van der Waals surface area contributed by atoms with Crippen LogP contribution in [-0.4, -0.2) is 41.8 Å². The van der Waals surface area contributed by atoms with E-state index in [1.165, 1.54) is 16.7 Å². The third-order valence-corrected chi connectivity index (χ3v) is 5.03. The maximum absolute atomic E-state index is 9.55. The van der Waals surface area contributed by atoms with E-state index in [1.807, 2.05) is 30.3 Å². The van der Waals surface area contributed by atoms with Gasteiger partial charge in [0.15, 0.2) is 0 Å². The molecule has 0 saturated carbocycles. The number of carbonyl (C=O) groups is 2. The minimum absolute atomic E-state index is 0.0391. The van der Waals surface area contributed by atoms with Crippen LogP contribution in [0.4, 0.5) is 0 Å². The zero-order chi connectivity index (χ0) is 24.6. The standard InChI is InChI=1S/C23H24ClNO.C4H4O4/c24-22-14-8-7-9-19(22)15-16-25-17-18-26-23(20-10-3-1-4-11-20)21-12-5-2-6-13-21;5-3(6)1-2-4(7)8/h1-14,23,25H,15-18H2;1-2H,(H,5,6)(H,7,8)/b;2-1-. The number of hydrogen-bond acceptors (Lipinski definition) is 4. The number of hydrogen-bond donors (Lipinski definition) is 3. The van der Waals surface area contributed by atoms with E-state index in [1.54, 1.807) is 0 Å². The Bertz CT molecular complexity index is 986. The molecule has 0 spiro atoms. The maximum atomic E-state index is 9.55. The molecule has 0 saturated heterocycles.